The molecule has 3 amide bonds. The number of hydrogen-bond acceptors (Lipinski definition) is 7. The number of carbonyl (C=O) groups excluding carboxylic acids is 4. The van der Waals surface area contributed by atoms with E-state index in [2.05, 4.69) is 17.2 Å². The predicted molar refractivity (Wildman–Crippen MR) is 107 cm³/mol. The van der Waals surface area contributed by atoms with Crippen LogP contribution < -0.4 is 10.6 Å². The van der Waals surface area contributed by atoms with Gasteiger partial charge in [-0.1, -0.05) is 20.4 Å². The first-order valence-corrected chi connectivity index (χ1v) is 10.4. The van der Waals surface area contributed by atoms with Crippen LogP contribution in [0.15, 0.2) is 12.3 Å². The van der Waals surface area contributed by atoms with Gasteiger partial charge in [-0.3, -0.25) is 19.3 Å². The van der Waals surface area contributed by atoms with Gasteiger partial charge in [-0.25, -0.2) is 4.79 Å². The van der Waals surface area contributed by atoms with Gasteiger partial charge in [0.1, 0.15) is 0 Å². The fraction of sp³-hybridized carbons (Fsp3) is 0.700. The molecule has 10 heteroatoms. The summed E-state index contributed by atoms with van der Waals surface area (Å²) in [7, 11) is 0. The van der Waals surface area contributed by atoms with Crippen LogP contribution in [0.5, 0.6) is 0 Å². The first kappa shape index (κ1) is 23.8. The summed E-state index contributed by atoms with van der Waals surface area (Å²) >= 11 is 0. The SMILES string of the molecule is C=C1CCC(=O)N1OC(=O)CC[15NH]C(=O)CC[15NH]C(=O)C1(O)CCCN1[13CH2][13CH]([13CH3])[13CH3]. The van der Waals surface area contributed by atoms with Gasteiger partial charge in [0, 0.05) is 45.4 Å². The highest BCUT2D eigenvalue weighted by atomic mass is 16.7. The van der Waals surface area contributed by atoms with E-state index in [0.717, 1.165) is 11.5 Å². The summed E-state index contributed by atoms with van der Waals surface area (Å²) in [5.41, 5.74) is -1.09. The molecule has 0 aromatic carbocycles. The third kappa shape index (κ3) is 6.27. The standard InChI is InChI=1S/C20H32N4O6/c1-14(2)13-23-12-4-9-20(23,29)19(28)22-10-7-16(25)21-11-8-18(27)30-24-15(3)5-6-17(24)26/h14,29H,3-13H2,1-2H3,(H,21,25)(H,22,28)/i1+1,2+1,13+1,14+1,21+1,22+1. The van der Waals surface area contributed by atoms with Crippen LogP contribution in [0.3, 0.4) is 0 Å². The van der Waals surface area contributed by atoms with Crippen molar-refractivity contribution in [3.63, 3.8) is 0 Å². The molecule has 2 saturated heterocycles. The zero-order valence-electron chi connectivity index (χ0n) is 17.7. The van der Waals surface area contributed by atoms with Gasteiger partial charge < -0.3 is 20.6 Å². The minimum Gasteiger partial charge on any atom is -0.367 e. The highest BCUT2D eigenvalue weighted by Crippen LogP contribution is 2.27. The Morgan fingerprint density at radius 1 is 1.20 bits per heavy atom. The number of allylic oxidation sites excluding steroid dienone is 1. The maximum atomic E-state index is 12.4. The monoisotopic (exact) mass is 430 g/mol. The third-order valence-electron chi connectivity index (χ3n) is 5.05. The van der Waals surface area contributed by atoms with E-state index >= 15 is 0 Å². The fourth-order valence-corrected chi connectivity index (χ4v) is 3.52. The molecule has 0 aromatic heterocycles. The number of amides is 3. The van der Waals surface area contributed by atoms with Crippen molar-refractivity contribution in [2.24, 2.45) is 5.92 Å². The molecule has 0 aliphatic carbocycles. The van der Waals surface area contributed by atoms with Crippen molar-refractivity contribution in [3.8, 4) is 0 Å². The average molecular weight is 430 g/mol. The van der Waals surface area contributed by atoms with Crippen molar-refractivity contribution in [2.75, 3.05) is 26.2 Å². The lowest BCUT2D eigenvalue weighted by atomic mass is 10.1. The molecule has 2 heterocycles. The smallest absolute Gasteiger partial charge is 0.334 e. The van der Waals surface area contributed by atoms with E-state index in [1.54, 1.807) is 4.90 Å². The third-order valence-corrected chi connectivity index (χ3v) is 5.05. The number of nitrogens with one attached hydrogen (secondary N) is 2. The van der Waals surface area contributed by atoms with E-state index in [1.807, 2.05) is 13.8 Å². The number of aliphatic hydroxyl groups is 1. The van der Waals surface area contributed by atoms with Crippen LogP contribution in [0.25, 0.3) is 0 Å². The second kappa shape index (κ2) is 10.5. The molecule has 0 saturated carbocycles. The molecule has 0 aromatic rings. The maximum Gasteiger partial charge on any atom is 0.334 e. The molecule has 30 heavy (non-hydrogen) atoms. The van der Waals surface area contributed by atoms with Gasteiger partial charge in [0.25, 0.3) is 11.8 Å². The molecule has 10 nitrogen and oxygen atoms in total. The molecule has 2 fully saturated rings. The van der Waals surface area contributed by atoms with E-state index < -0.39 is 17.6 Å². The molecule has 2 rings (SSSR count). The van der Waals surface area contributed by atoms with Gasteiger partial charge in [-0.15, -0.1) is 5.06 Å². The second-order valence-electron chi connectivity index (χ2n) is 8.08. The summed E-state index contributed by atoms with van der Waals surface area (Å²) in [6.45, 7) is 9.11. The largest absolute Gasteiger partial charge is 0.367 e. The minimum atomic E-state index is -1.53. The topological polar surface area (TPSA) is 128 Å². The predicted octanol–water partition coefficient (Wildman–Crippen LogP) is 0.0337. The molecule has 0 radical (unpaired) electrons. The molecule has 2 aliphatic rings. The number of rotatable bonds is 10. The molecule has 168 valence electrons. The Morgan fingerprint density at radius 2 is 1.90 bits per heavy atom. The lowest BCUT2D eigenvalue weighted by molar-refractivity contribution is -0.186. The summed E-state index contributed by atoms with van der Waals surface area (Å²) in [5.74, 6) is -1.48. The molecule has 0 bridgehead atoms. The van der Waals surface area contributed by atoms with Crippen molar-refractivity contribution < 1.29 is 29.1 Å². The summed E-state index contributed by atoms with van der Waals surface area (Å²) < 4.78 is 0. The highest BCUT2D eigenvalue weighted by molar-refractivity contribution is 5.85. The van der Waals surface area contributed by atoms with Crippen molar-refractivity contribution in [2.45, 2.75) is 58.1 Å². The first-order valence-electron chi connectivity index (χ1n) is 10.4. The van der Waals surface area contributed by atoms with Gasteiger partial charge in [0.2, 0.25) is 5.91 Å². The molecule has 2 aliphatic heterocycles. The van der Waals surface area contributed by atoms with E-state index in [0.29, 0.717) is 37.5 Å². The van der Waals surface area contributed by atoms with E-state index in [4.69, 9.17) is 4.84 Å². The number of carbonyl (C=O) groups is 4. The Kier molecular flexibility index (Phi) is 8.36. The van der Waals surface area contributed by atoms with E-state index in [9.17, 15) is 24.3 Å². The fourth-order valence-electron chi connectivity index (χ4n) is 3.52. The molecular formula is C20H32N4O6. The highest BCUT2D eigenvalue weighted by Gasteiger charge is 2.45. The number of hydrogen-bond donors (Lipinski definition) is 3. The molecule has 1 unspecified atom stereocenters. The van der Waals surface area contributed by atoms with Gasteiger partial charge in [-0.05, 0) is 18.8 Å². The number of nitrogens with zero attached hydrogens (tertiary/aromatic N) is 2. The van der Waals surface area contributed by atoms with Crippen molar-refractivity contribution in [1.29, 1.82) is 0 Å². The summed E-state index contributed by atoms with van der Waals surface area (Å²) in [4.78, 5) is 54.3. The first-order chi connectivity index (χ1) is 14.1. The summed E-state index contributed by atoms with van der Waals surface area (Å²) in [6, 6.07) is 0. The van der Waals surface area contributed by atoms with Crippen molar-refractivity contribution in [1.82, 2.24) is 20.6 Å². The minimum absolute atomic E-state index is 0.0163. The van der Waals surface area contributed by atoms with E-state index in [1.165, 1.54) is 0 Å². The molecule has 0 spiro atoms. The molecular weight excluding hydrogens is 398 g/mol. The van der Waals surface area contributed by atoms with Gasteiger partial charge >= 0.3 is 5.97 Å². The lowest BCUT2D eigenvalue weighted by Gasteiger charge is -2.33. The van der Waals surface area contributed by atoms with Crippen LogP contribution in [0.1, 0.15) is 52.4 Å². The van der Waals surface area contributed by atoms with Crippen LogP contribution >= 0.6 is 0 Å². The number of hydroxylamine groups is 2. The van der Waals surface area contributed by atoms with Crippen LogP contribution in [0.4, 0.5) is 0 Å². The van der Waals surface area contributed by atoms with Gasteiger partial charge in [-0.2, -0.15) is 0 Å². The molecule has 1 atom stereocenters. The van der Waals surface area contributed by atoms with Crippen LogP contribution in [-0.2, 0) is 24.0 Å². The number of likely N-dealkylation sites (tertiary alicyclic amines) is 1. The normalized spacial score (nSPS) is 21.9. The quantitative estimate of drug-likeness (QED) is 0.330. The summed E-state index contributed by atoms with van der Waals surface area (Å²) in [6.07, 6.45) is 1.74. The Labute approximate surface area is 176 Å². The Balaban J connectivity index is 1.64. The zero-order chi connectivity index (χ0) is 22.3. The van der Waals surface area contributed by atoms with Crippen molar-refractivity contribution in [3.05, 3.63) is 12.3 Å². The lowest BCUT2D eigenvalue weighted by Crippen LogP contribution is -2.56. The second-order valence-corrected chi connectivity index (χ2v) is 8.08. The van der Waals surface area contributed by atoms with Crippen LogP contribution in [-0.4, -0.2) is 70.7 Å². The van der Waals surface area contributed by atoms with Crippen LogP contribution in [0, 0.1) is 5.92 Å². The Hall–Kier alpha value is -2.46. The Morgan fingerprint density at radius 3 is 2.53 bits per heavy atom. The zero-order valence-corrected chi connectivity index (χ0v) is 17.7. The van der Waals surface area contributed by atoms with Crippen LogP contribution in [0.2, 0.25) is 0 Å². The van der Waals surface area contributed by atoms with Gasteiger partial charge in [0.05, 0.1) is 12.1 Å². The molecule has 3 N–H and O–H groups in total. The van der Waals surface area contributed by atoms with E-state index in [-0.39, 0.29) is 44.2 Å². The average Bonchev–Trinajstić information content (AvgIpc) is 3.19. The summed E-state index contributed by atoms with van der Waals surface area (Å²) in [5, 5.41) is 16.8. The van der Waals surface area contributed by atoms with Crippen molar-refractivity contribution >= 4 is 23.7 Å². The maximum absolute atomic E-state index is 12.4. The Bertz CT molecular complexity index is 679. The van der Waals surface area contributed by atoms with Gasteiger partial charge in [0.15, 0.2) is 5.72 Å².